The third-order valence-electron chi connectivity index (χ3n) is 1.52. The van der Waals surface area contributed by atoms with Crippen molar-refractivity contribution >= 4 is 12.0 Å². The summed E-state index contributed by atoms with van der Waals surface area (Å²) in [6.07, 6.45) is 1.09. The number of nitrogens with one attached hydrogen (secondary N) is 1. The number of carbonyl (C=O) groups is 2. The summed E-state index contributed by atoms with van der Waals surface area (Å²) in [5, 5.41) is 2.60. The van der Waals surface area contributed by atoms with Crippen LogP contribution in [0.4, 0.5) is 4.79 Å². The van der Waals surface area contributed by atoms with Crippen LogP contribution in [0.25, 0.3) is 0 Å². The standard InChI is InChI=1S/C8H12N2O3/c1-2-7(11)13-6-3-9-8(12)10-4-5-10/h2H,1,3-6H2,(H,9,12). The number of hydrogen-bond acceptors (Lipinski definition) is 3. The minimum Gasteiger partial charge on any atom is -0.461 e. The molecule has 0 bridgehead atoms. The second kappa shape index (κ2) is 4.49. The second-order valence-corrected chi connectivity index (χ2v) is 2.59. The maximum atomic E-state index is 11.0. The summed E-state index contributed by atoms with van der Waals surface area (Å²) in [4.78, 5) is 23.2. The van der Waals surface area contributed by atoms with E-state index in [9.17, 15) is 9.59 Å². The van der Waals surface area contributed by atoms with Crippen molar-refractivity contribution in [2.75, 3.05) is 26.2 Å². The Morgan fingerprint density at radius 1 is 1.54 bits per heavy atom. The molecule has 1 N–H and O–H groups in total. The lowest BCUT2D eigenvalue weighted by atomic mass is 10.6. The molecule has 0 spiro atoms. The van der Waals surface area contributed by atoms with Crippen LogP contribution in [-0.2, 0) is 9.53 Å². The van der Waals surface area contributed by atoms with Gasteiger partial charge in [-0.05, 0) is 0 Å². The zero-order valence-electron chi connectivity index (χ0n) is 7.28. The summed E-state index contributed by atoms with van der Waals surface area (Å²) in [5.74, 6) is -0.471. The summed E-state index contributed by atoms with van der Waals surface area (Å²) in [5.41, 5.74) is 0. The fraction of sp³-hybridized carbons (Fsp3) is 0.500. The lowest BCUT2D eigenvalue weighted by Crippen LogP contribution is -2.31. The first-order valence-electron chi connectivity index (χ1n) is 4.06. The normalized spacial score (nSPS) is 13.4. The first-order chi connectivity index (χ1) is 6.24. The number of urea groups is 1. The SMILES string of the molecule is C=CC(=O)OCCNC(=O)N1CC1. The Balaban J connectivity index is 1.97. The molecule has 2 amide bonds. The lowest BCUT2D eigenvalue weighted by molar-refractivity contribution is -0.137. The predicted molar refractivity (Wildman–Crippen MR) is 46.1 cm³/mol. The molecule has 1 rings (SSSR count). The van der Waals surface area contributed by atoms with Gasteiger partial charge in [-0.25, -0.2) is 9.59 Å². The van der Waals surface area contributed by atoms with Gasteiger partial charge in [0.05, 0.1) is 6.54 Å². The summed E-state index contributed by atoms with van der Waals surface area (Å²) >= 11 is 0. The molecular formula is C8H12N2O3. The zero-order chi connectivity index (χ0) is 9.68. The highest BCUT2D eigenvalue weighted by molar-refractivity contribution is 5.81. The summed E-state index contributed by atoms with van der Waals surface area (Å²) < 4.78 is 4.65. The highest BCUT2D eigenvalue weighted by Crippen LogP contribution is 2.01. The van der Waals surface area contributed by atoms with Crippen molar-refractivity contribution in [3.05, 3.63) is 12.7 Å². The van der Waals surface area contributed by atoms with Gasteiger partial charge in [-0.3, -0.25) is 0 Å². The predicted octanol–water partition coefficient (Wildman–Crippen LogP) is -0.259. The molecule has 0 aromatic rings. The van der Waals surface area contributed by atoms with E-state index in [0.29, 0.717) is 6.54 Å². The molecule has 1 fully saturated rings. The molecule has 5 heteroatoms. The molecule has 0 saturated carbocycles. The van der Waals surface area contributed by atoms with Crippen LogP contribution in [0.3, 0.4) is 0 Å². The summed E-state index contributed by atoms with van der Waals surface area (Å²) in [6, 6.07) is -0.102. The van der Waals surface area contributed by atoms with Crippen LogP contribution in [0.2, 0.25) is 0 Å². The maximum absolute atomic E-state index is 11.0. The Bertz CT molecular complexity index is 223. The van der Waals surface area contributed by atoms with Gasteiger partial charge in [-0.1, -0.05) is 6.58 Å². The fourth-order valence-electron chi connectivity index (χ4n) is 0.733. The molecule has 1 aliphatic rings. The topological polar surface area (TPSA) is 58.4 Å². The largest absolute Gasteiger partial charge is 0.461 e. The third kappa shape index (κ3) is 3.59. The quantitative estimate of drug-likeness (QED) is 0.283. The molecule has 0 aromatic heterocycles. The number of esters is 1. The molecule has 0 aromatic carbocycles. The maximum Gasteiger partial charge on any atom is 0.330 e. The first kappa shape index (κ1) is 9.57. The van der Waals surface area contributed by atoms with Crippen molar-refractivity contribution in [1.29, 1.82) is 0 Å². The van der Waals surface area contributed by atoms with E-state index in [1.54, 1.807) is 4.90 Å². The fourth-order valence-corrected chi connectivity index (χ4v) is 0.733. The Morgan fingerprint density at radius 3 is 2.77 bits per heavy atom. The number of rotatable bonds is 4. The van der Waals surface area contributed by atoms with E-state index >= 15 is 0 Å². The molecule has 0 atom stereocenters. The van der Waals surface area contributed by atoms with E-state index in [1.165, 1.54) is 0 Å². The molecular weight excluding hydrogens is 172 g/mol. The van der Waals surface area contributed by atoms with E-state index in [2.05, 4.69) is 16.6 Å². The smallest absolute Gasteiger partial charge is 0.330 e. The summed E-state index contributed by atoms with van der Waals surface area (Å²) in [6.45, 7) is 5.41. The van der Waals surface area contributed by atoms with Gasteiger partial charge in [-0.15, -0.1) is 0 Å². The van der Waals surface area contributed by atoms with Gasteiger partial charge in [0, 0.05) is 19.2 Å². The van der Waals surface area contributed by atoms with Crippen LogP contribution in [0, 0.1) is 0 Å². The molecule has 0 radical (unpaired) electrons. The highest BCUT2D eigenvalue weighted by Gasteiger charge is 2.23. The average molecular weight is 184 g/mol. The van der Waals surface area contributed by atoms with E-state index in [4.69, 9.17) is 0 Å². The van der Waals surface area contributed by atoms with Crippen molar-refractivity contribution in [2.24, 2.45) is 0 Å². The van der Waals surface area contributed by atoms with Crippen LogP contribution in [0.1, 0.15) is 0 Å². The van der Waals surface area contributed by atoms with E-state index in [1.807, 2.05) is 0 Å². The van der Waals surface area contributed by atoms with Gasteiger partial charge in [-0.2, -0.15) is 0 Å². The molecule has 5 nitrogen and oxygen atoms in total. The Hall–Kier alpha value is -1.52. The van der Waals surface area contributed by atoms with Gasteiger partial charge < -0.3 is 15.0 Å². The van der Waals surface area contributed by atoms with Crippen LogP contribution in [-0.4, -0.2) is 43.1 Å². The van der Waals surface area contributed by atoms with Gasteiger partial charge in [0.1, 0.15) is 6.61 Å². The van der Waals surface area contributed by atoms with Gasteiger partial charge in [0.25, 0.3) is 0 Å². The number of nitrogens with zero attached hydrogens (tertiary/aromatic N) is 1. The van der Waals surface area contributed by atoms with Crippen molar-refractivity contribution < 1.29 is 14.3 Å². The van der Waals surface area contributed by atoms with Gasteiger partial charge in [0.15, 0.2) is 0 Å². The van der Waals surface area contributed by atoms with Crippen LogP contribution >= 0.6 is 0 Å². The molecule has 72 valence electrons. The van der Waals surface area contributed by atoms with Crippen molar-refractivity contribution in [2.45, 2.75) is 0 Å². The second-order valence-electron chi connectivity index (χ2n) is 2.59. The minimum absolute atomic E-state index is 0.102. The van der Waals surface area contributed by atoms with E-state index < -0.39 is 5.97 Å². The van der Waals surface area contributed by atoms with Gasteiger partial charge in [0.2, 0.25) is 0 Å². The van der Waals surface area contributed by atoms with Crippen molar-refractivity contribution in [3.8, 4) is 0 Å². The number of hydrogen-bond donors (Lipinski definition) is 1. The summed E-state index contributed by atoms with van der Waals surface area (Å²) in [7, 11) is 0. The van der Waals surface area contributed by atoms with Crippen molar-refractivity contribution in [1.82, 2.24) is 10.2 Å². The first-order valence-corrected chi connectivity index (χ1v) is 4.06. The molecule has 1 heterocycles. The lowest BCUT2D eigenvalue weighted by Gasteiger charge is -2.05. The average Bonchev–Trinajstić information content (AvgIpc) is 2.94. The highest BCUT2D eigenvalue weighted by atomic mass is 16.5. The monoisotopic (exact) mass is 184 g/mol. The van der Waals surface area contributed by atoms with Crippen LogP contribution in [0.15, 0.2) is 12.7 Å². The third-order valence-corrected chi connectivity index (χ3v) is 1.52. The number of ether oxygens (including phenoxy) is 1. The molecule has 0 unspecified atom stereocenters. The number of amides is 2. The zero-order valence-corrected chi connectivity index (χ0v) is 7.28. The molecule has 13 heavy (non-hydrogen) atoms. The Morgan fingerprint density at radius 2 is 2.23 bits per heavy atom. The molecule has 0 aliphatic carbocycles. The minimum atomic E-state index is -0.471. The Kier molecular flexibility index (Phi) is 3.31. The molecule has 1 saturated heterocycles. The molecule has 1 aliphatic heterocycles. The number of carbonyl (C=O) groups excluding carboxylic acids is 2. The van der Waals surface area contributed by atoms with Crippen molar-refractivity contribution in [3.63, 3.8) is 0 Å². The van der Waals surface area contributed by atoms with E-state index in [-0.39, 0.29) is 12.6 Å². The van der Waals surface area contributed by atoms with Crippen LogP contribution in [0.5, 0.6) is 0 Å². The van der Waals surface area contributed by atoms with Gasteiger partial charge >= 0.3 is 12.0 Å². The van der Waals surface area contributed by atoms with Crippen LogP contribution < -0.4 is 5.32 Å². The van der Waals surface area contributed by atoms with E-state index in [0.717, 1.165) is 19.2 Å². The Labute approximate surface area is 76.3 Å².